The predicted molar refractivity (Wildman–Crippen MR) is 82.2 cm³/mol. The Hall–Kier alpha value is -1.49. The molecule has 110 valence electrons. The van der Waals surface area contributed by atoms with Gasteiger partial charge in [0.2, 0.25) is 0 Å². The van der Waals surface area contributed by atoms with Crippen molar-refractivity contribution in [2.45, 2.75) is 26.3 Å². The molecule has 4 nitrogen and oxygen atoms in total. The highest BCUT2D eigenvalue weighted by Crippen LogP contribution is 2.11. The number of thioether (sulfide) groups is 1. The minimum absolute atomic E-state index is 0.246. The van der Waals surface area contributed by atoms with E-state index in [-0.39, 0.29) is 5.91 Å². The molecule has 20 heavy (non-hydrogen) atoms. The van der Waals surface area contributed by atoms with E-state index >= 15 is 0 Å². The molecule has 0 aliphatic heterocycles. The lowest BCUT2D eigenvalue weighted by atomic mass is 10.1. The fourth-order valence-electron chi connectivity index (χ4n) is 1.75. The van der Waals surface area contributed by atoms with E-state index in [1.165, 1.54) is 7.11 Å². The molecule has 0 fully saturated rings. The van der Waals surface area contributed by atoms with Crippen LogP contribution in [0.15, 0.2) is 18.2 Å². The average Bonchev–Trinajstić information content (AvgIpc) is 2.45. The summed E-state index contributed by atoms with van der Waals surface area (Å²) in [4.78, 5) is 23.8. The molecule has 1 aromatic rings. The molecular weight excluding hydrogens is 274 g/mol. The smallest absolute Gasteiger partial charge is 0.328 e. The first-order valence-corrected chi connectivity index (χ1v) is 7.84. The number of hydrogen-bond donors (Lipinski definition) is 1. The molecule has 1 amide bonds. The van der Waals surface area contributed by atoms with E-state index < -0.39 is 12.0 Å². The Labute approximate surface area is 124 Å². The topological polar surface area (TPSA) is 55.4 Å². The molecule has 0 radical (unpaired) electrons. The number of carbonyl (C=O) groups excluding carboxylic acids is 2. The van der Waals surface area contributed by atoms with Crippen LogP contribution in [-0.4, -0.2) is 37.0 Å². The largest absolute Gasteiger partial charge is 0.467 e. The van der Waals surface area contributed by atoms with Gasteiger partial charge >= 0.3 is 5.97 Å². The molecule has 1 N–H and O–H groups in total. The highest BCUT2D eigenvalue weighted by Gasteiger charge is 2.21. The summed E-state index contributed by atoms with van der Waals surface area (Å²) in [7, 11) is 1.33. The van der Waals surface area contributed by atoms with Gasteiger partial charge in [-0.3, -0.25) is 4.79 Å². The number of hydrogen-bond acceptors (Lipinski definition) is 4. The number of carbonyl (C=O) groups is 2. The van der Waals surface area contributed by atoms with Crippen molar-refractivity contribution in [1.29, 1.82) is 0 Å². The van der Waals surface area contributed by atoms with Crippen molar-refractivity contribution in [3.8, 4) is 0 Å². The second kappa shape index (κ2) is 7.94. The van der Waals surface area contributed by atoms with Crippen LogP contribution in [0.2, 0.25) is 0 Å². The van der Waals surface area contributed by atoms with Crippen LogP contribution >= 0.6 is 11.8 Å². The standard InChI is InChI=1S/C15H21NO3S/c1-10-5-6-12(9-11(10)2)14(17)16-13(7-8-20-4)15(18)19-3/h5-6,9,13H,7-8H2,1-4H3,(H,16,17)/t13-/m0/s1. The number of benzene rings is 1. The van der Waals surface area contributed by atoms with E-state index in [1.807, 2.05) is 32.2 Å². The van der Waals surface area contributed by atoms with Crippen molar-refractivity contribution < 1.29 is 14.3 Å². The third-order valence-corrected chi connectivity index (χ3v) is 3.81. The van der Waals surface area contributed by atoms with E-state index in [0.29, 0.717) is 12.0 Å². The van der Waals surface area contributed by atoms with E-state index in [9.17, 15) is 9.59 Å². The zero-order valence-corrected chi connectivity index (χ0v) is 13.2. The molecule has 0 spiro atoms. The highest BCUT2D eigenvalue weighted by molar-refractivity contribution is 7.98. The summed E-state index contributed by atoms with van der Waals surface area (Å²) in [6, 6.07) is 4.90. The van der Waals surface area contributed by atoms with Gasteiger partial charge in [-0.1, -0.05) is 6.07 Å². The van der Waals surface area contributed by atoms with Crippen molar-refractivity contribution in [3.63, 3.8) is 0 Å². The molecule has 0 aromatic heterocycles. The van der Waals surface area contributed by atoms with Crippen molar-refractivity contribution in [1.82, 2.24) is 5.32 Å². The van der Waals surface area contributed by atoms with Crippen molar-refractivity contribution in [2.75, 3.05) is 19.1 Å². The second-order valence-electron chi connectivity index (χ2n) is 4.63. The number of methoxy groups -OCH3 is 1. The van der Waals surface area contributed by atoms with Crippen LogP contribution in [0.4, 0.5) is 0 Å². The van der Waals surface area contributed by atoms with Gasteiger partial charge in [0.25, 0.3) is 5.91 Å². The van der Waals surface area contributed by atoms with Gasteiger partial charge in [0.05, 0.1) is 7.11 Å². The Morgan fingerprint density at radius 1 is 1.30 bits per heavy atom. The summed E-state index contributed by atoms with van der Waals surface area (Å²) in [6.45, 7) is 3.95. The fraction of sp³-hybridized carbons (Fsp3) is 0.467. The molecule has 0 saturated heterocycles. The lowest BCUT2D eigenvalue weighted by Gasteiger charge is -2.16. The zero-order chi connectivity index (χ0) is 15.1. The SMILES string of the molecule is COC(=O)[C@H](CCSC)NC(=O)c1ccc(C)c(C)c1. The zero-order valence-electron chi connectivity index (χ0n) is 12.4. The van der Waals surface area contributed by atoms with Crippen LogP contribution in [0.1, 0.15) is 27.9 Å². The molecule has 1 aromatic carbocycles. The molecule has 0 saturated carbocycles. The lowest BCUT2D eigenvalue weighted by Crippen LogP contribution is -2.42. The van der Waals surface area contributed by atoms with Gasteiger partial charge < -0.3 is 10.1 Å². The van der Waals surface area contributed by atoms with Gasteiger partial charge in [0.1, 0.15) is 6.04 Å². The van der Waals surface area contributed by atoms with Crippen LogP contribution < -0.4 is 5.32 Å². The summed E-state index contributed by atoms with van der Waals surface area (Å²) < 4.78 is 4.73. The average molecular weight is 295 g/mol. The van der Waals surface area contributed by atoms with E-state index in [2.05, 4.69) is 5.32 Å². The number of esters is 1. The quantitative estimate of drug-likeness (QED) is 0.818. The van der Waals surface area contributed by atoms with E-state index in [0.717, 1.165) is 16.9 Å². The highest BCUT2D eigenvalue weighted by atomic mass is 32.2. The Morgan fingerprint density at radius 3 is 2.55 bits per heavy atom. The van der Waals surface area contributed by atoms with Gasteiger partial charge in [-0.2, -0.15) is 11.8 Å². The summed E-state index contributed by atoms with van der Waals surface area (Å²) in [6.07, 6.45) is 2.52. The minimum Gasteiger partial charge on any atom is -0.467 e. The van der Waals surface area contributed by atoms with Gasteiger partial charge in [-0.05, 0) is 55.5 Å². The number of amides is 1. The lowest BCUT2D eigenvalue weighted by molar-refractivity contribution is -0.142. The van der Waals surface area contributed by atoms with Crippen LogP contribution in [0.25, 0.3) is 0 Å². The monoisotopic (exact) mass is 295 g/mol. The van der Waals surface area contributed by atoms with Gasteiger partial charge in [0.15, 0.2) is 0 Å². The maximum absolute atomic E-state index is 12.2. The Balaban J connectivity index is 2.78. The maximum atomic E-state index is 12.2. The summed E-state index contributed by atoms with van der Waals surface area (Å²) in [5.74, 6) is 0.133. The predicted octanol–water partition coefficient (Wildman–Crippen LogP) is 2.33. The van der Waals surface area contributed by atoms with Gasteiger partial charge in [-0.25, -0.2) is 4.79 Å². The van der Waals surface area contributed by atoms with E-state index in [1.54, 1.807) is 17.8 Å². The molecular formula is C15H21NO3S. The summed E-state index contributed by atoms with van der Waals surface area (Å²) >= 11 is 1.63. The molecule has 0 aliphatic carbocycles. The summed E-state index contributed by atoms with van der Waals surface area (Å²) in [5, 5.41) is 2.74. The first kappa shape index (κ1) is 16.6. The molecule has 1 atom stereocenters. The van der Waals surface area contributed by atoms with Crippen LogP contribution in [0.5, 0.6) is 0 Å². The van der Waals surface area contributed by atoms with Crippen molar-refractivity contribution in [3.05, 3.63) is 34.9 Å². The molecule has 5 heteroatoms. The van der Waals surface area contributed by atoms with Crippen molar-refractivity contribution in [2.24, 2.45) is 0 Å². The normalized spacial score (nSPS) is 11.8. The number of nitrogens with one attached hydrogen (secondary N) is 1. The van der Waals surface area contributed by atoms with Gasteiger partial charge in [0, 0.05) is 5.56 Å². The first-order chi connectivity index (χ1) is 9.49. The molecule has 0 bridgehead atoms. The van der Waals surface area contributed by atoms with E-state index in [4.69, 9.17) is 4.74 Å². The van der Waals surface area contributed by atoms with Crippen LogP contribution in [0.3, 0.4) is 0 Å². The number of aryl methyl sites for hydroxylation is 2. The maximum Gasteiger partial charge on any atom is 0.328 e. The van der Waals surface area contributed by atoms with Crippen LogP contribution in [0, 0.1) is 13.8 Å². The Morgan fingerprint density at radius 2 is 2.00 bits per heavy atom. The third kappa shape index (κ3) is 4.56. The second-order valence-corrected chi connectivity index (χ2v) is 5.62. The fourth-order valence-corrected chi connectivity index (χ4v) is 2.22. The minimum atomic E-state index is -0.596. The van der Waals surface area contributed by atoms with Crippen LogP contribution in [-0.2, 0) is 9.53 Å². The number of ether oxygens (including phenoxy) is 1. The van der Waals surface area contributed by atoms with Crippen molar-refractivity contribution >= 4 is 23.6 Å². The summed E-state index contributed by atoms with van der Waals surface area (Å²) in [5.41, 5.74) is 2.75. The molecule has 0 heterocycles. The third-order valence-electron chi connectivity index (χ3n) is 3.17. The van der Waals surface area contributed by atoms with Gasteiger partial charge in [-0.15, -0.1) is 0 Å². The first-order valence-electron chi connectivity index (χ1n) is 6.44. The number of rotatable bonds is 6. The molecule has 0 unspecified atom stereocenters. The Kier molecular flexibility index (Phi) is 6.58. The Bertz CT molecular complexity index is 488. The molecule has 0 aliphatic rings. The molecule has 1 rings (SSSR count).